The highest BCUT2D eigenvalue weighted by Gasteiger charge is 2.20. The number of fused-ring (bicyclic) bond motifs is 4. The van der Waals surface area contributed by atoms with Gasteiger partial charge in [0.1, 0.15) is 0 Å². The van der Waals surface area contributed by atoms with Crippen LogP contribution in [0.3, 0.4) is 0 Å². The number of hydrogen-bond acceptors (Lipinski definition) is 2. The highest BCUT2D eigenvalue weighted by molar-refractivity contribution is 6.35. The molecule has 0 aliphatic rings. The summed E-state index contributed by atoms with van der Waals surface area (Å²) in [4.78, 5) is 4.74. The molecule has 2 nitrogen and oxygen atoms in total. The van der Waals surface area contributed by atoms with E-state index < -0.39 is 0 Å². The molecule has 13 aromatic rings. The van der Waals surface area contributed by atoms with E-state index in [0.29, 0.717) is 0 Å². The molecule has 0 aliphatic carbocycles. The second-order valence-corrected chi connectivity index (χ2v) is 17.2. The Hall–Kier alpha value is -8.72. The van der Waals surface area contributed by atoms with E-state index in [0.717, 1.165) is 34.1 Å². The predicted octanol–water partition coefficient (Wildman–Crippen LogP) is 18.3. The molecule has 0 saturated carbocycles. The third kappa shape index (κ3) is 6.11. The molecule has 0 aliphatic heterocycles. The van der Waals surface area contributed by atoms with E-state index in [1.54, 1.807) is 0 Å². The fourth-order valence-electron chi connectivity index (χ4n) is 10.6. The monoisotopic (exact) mass is 838 g/mol. The SMILES string of the molecule is c1ccc(N(c2ccc(-c3ccc4c5cccc6c(-c7ccc(N(c8ccccc8)c8cccc9ccccc89)cc7)ccc(c7cccc3c74)c65)cc2)c2cccc3ccccc23)cc1. The van der Waals surface area contributed by atoms with Crippen molar-refractivity contribution in [2.45, 2.75) is 0 Å². The van der Waals surface area contributed by atoms with Crippen molar-refractivity contribution in [3.05, 3.63) is 255 Å². The second kappa shape index (κ2) is 15.5. The van der Waals surface area contributed by atoms with Crippen molar-refractivity contribution in [3.63, 3.8) is 0 Å². The molecule has 308 valence electrons. The lowest BCUT2D eigenvalue weighted by Gasteiger charge is -2.27. The lowest BCUT2D eigenvalue weighted by atomic mass is 9.85. The Labute approximate surface area is 383 Å². The smallest absolute Gasteiger partial charge is 0.0540 e. The summed E-state index contributed by atoms with van der Waals surface area (Å²) in [6.07, 6.45) is 0. The van der Waals surface area contributed by atoms with Crippen LogP contribution >= 0.6 is 0 Å². The van der Waals surface area contributed by atoms with Crippen molar-refractivity contribution in [1.82, 2.24) is 0 Å². The third-order valence-electron chi connectivity index (χ3n) is 13.6. The summed E-state index contributed by atoms with van der Waals surface area (Å²) in [6.45, 7) is 0. The zero-order valence-electron chi connectivity index (χ0n) is 36.1. The molecule has 0 amide bonds. The van der Waals surface area contributed by atoms with E-state index in [2.05, 4.69) is 265 Å². The third-order valence-corrected chi connectivity index (χ3v) is 13.6. The number of nitrogens with zero attached hydrogens (tertiary/aromatic N) is 2. The van der Waals surface area contributed by atoms with Gasteiger partial charge in [-0.3, -0.25) is 0 Å². The van der Waals surface area contributed by atoms with Crippen molar-refractivity contribution in [3.8, 4) is 22.3 Å². The first-order chi connectivity index (χ1) is 32.8. The number of rotatable bonds is 8. The van der Waals surface area contributed by atoms with Gasteiger partial charge in [0.15, 0.2) is 0 Å². The molecule has 0 spiro atoms. The molecule has 0 fully saturated rings. The fraction of sp³-hybridized carbons (Fsp3) is 0. The standard InChI is InChI=1S/C64H42N2/c1-3-19-47(20-4-1)65(61-29-11-17-43-15-7-9-23-53(43)61)49-35-31-45(32-36-49)51-39-41-59-58-28-14-26-56-52(40-42-60(64(56)58)57-27-13-25-55(51)63(57)59)46-33-37-50(38-34-46)66(48-21-5-2-6-22-48)62-30-12-18-44-16-8-10-24-54(44)62/h1-42H. The number of hydrogen-bond donors (Lipinski definition) is 0. The molecule has 0 radical (unpaired) electrons. The minimum atomic E-state index is 1.12. The van der Waals surface area contributed by atoms with E-state index >= 15 is 0 Å². The Morgan fingerprint density at radius 3 is 0.955 bits per heavy atom. The molecule has 0 heterocycles. The van der Waals surface area contributed by atoms with Crippen LogP contribution in [-0.4, -0.2) is 0 Å². The number of anilines is 6. The van der Waals surface area contributed by atoms with E-state index in [9.17, 15) is 0 Å². The molecule has 0 unspecified atom stereocenters. The van der Waals surface area contributed by atoms with Gasteiger partial charge in [-0.2, -0.15) is 0 Å². The van der Waals surface area contributed by atoms with Gasteiger partial charge in [-0.25, -0.2) is 0 Å². The first-order valence-electron chi connectivity index (χ1n) is 22.8. The summed E-state index contributed by atoms with van der Waals surface area (Å²) < 4.78 is 0. The van der Waals surface area contributed by atoms with E-state index in [-0.39, 0.29) is 0 Å². The molecule has 13 aromatic carbocycles. The van der Waals surface area contributed by atoms with Crippen molar-refractivity contribution in [2.75, 3.05) is 9.80 Å². The van der Waals surface area contributed by atoms with Crippen LogP contribution in [0, 0.1) is 0 Å². The molecular weight excluding hydrogens is 797 g/mol. The summed E-state index contributed by atoms with van der Waals surface area (Å²) >= 11 is 0. The summed E-state index contributed by atoms with van der Waals surface area (Å²) in [5.41, 5.74) is 11.7. The molecule has 0 bridgehead atoms. The van der Waals surface area contributed by atoms with Crippen LogP contribution in [-0.2, 0) is 0 Å². The largest absolute Gasteiger partial charge is 0.310 e. The van der Waals surface area contributed by atoms with Crippen LogP contribution in [0.1, 0.15) is 0 Å². The van der Waals surface area contributed by atoms with Crippen LogP contribution in [0.5, 0.6) is 0 Å². The van der Waals surface area contributed by atoms with Gasteiger partial charge in [-0.15, -0.1) is 0 Å². The summed E-state index contributed by atoms with van der Waals surface area (Å²) in [5, 5.41) is 15.2. The first-order valence-corrected chi connectivity index (χ1v) is 22.8. The molecule has 13 rings (SSSR count). The quantitative estimate of drug-likeness (QED) is 0.111. The normalized spacial score (nSPS) is 11.6. The molecular formula is C64H42N2. The Kier molecular flexibility index (Phi) is 8.89. The molecule has 0 N–H and O–H groups in total. The highest BCUT2D eigenvalue weighted by atomic mass is 15.1. The van der Waals surface area contributed by atoms with Gasteiger partial charge in [-0.05, 0) is 137 Å². The minimum Gasteiger partial charge on any atom is -0.310 e. The van der Waals surface area contributed by atoms with E-state index in [1.807, 2.05) is 0 Å². The van der Waals surface area contributed by atoms with Crippen molar-refractivity contribution < 1.29 is 0 Å². The molecule has 2 heteroatoms. The zero-order valence-corrected chi connectivity index (χ0v) is 36.1. The number of para-hydroxylation sites is 2. The van der Waals surface area contributed by atoms with Gasteiger partial charge >= 0.3 is 0 Å². The summed E-state index contributed by atoms with van der Waals surface area (Å²) in [5.74, 6) is 0. The van der Waals surface area contributed by atoms with Gasteiger partial charge in [0.25, 0.3) is 0 Å². The van der Waals surface area contributed by atoms with Gasteiger partial charge in [-0.1, -0.05) is 194 Å². The molecule has 66 heavy (non-hydrogen) atoms. The van der Waals surface area contributed by atoms with Crippen molar-refractivity contribution in [1.29, 1.82) is 0 Å². The topological polar surface area (TPSA) is 6.48 Å². The Morgan fingerprint density at radius 2 is 0.515 bits per heavy atom. The second-order valence-electron chi connectivity index (χ2n) is 17.2. The highest BCUT2D eigenvalue weighted by Crippen LogP contribution is 2.47. The lowest BCUT2D eigenvalue weighted by Crippen LogP contribution is -2.10. The molecule has 0 saturated heterocycles. The van der Waals surface area contributed by atoms with Crippen LogP contribution in [0.2, 0.25) is 0 Å². The molecule has 0 aromatic heterocycles. The zero-order chi connectivity index (χ0) is 43.6. The average molecular weight is 839 g/mol. The fourth-order valence-corrected chi connectivity index (χ4v) is 10.6. The maximum absolute atomic E-state index is 2.37. The average Bonchev–Trinajstić information content (AvgIpc) is 3.39. The van der Waals surface area contributed by atoms with Gasteiger partial charge in [0.2, 0.25) is 0 Å². The Bertz CT molecular complexity index is 3620. The maximum atomic E-state index is 2.37. The van der Waals surface area contributed by atoms with Crippen LogP contribution in [0.25, 0.3) is 86.9 Å². The van der Waals surface area contributed by atoms with Crippen molar-refractivity contribution in [2.24, 2.45) is 0 Å². The lowest BCUT2D eigenvalue weighted by molar-refractivity contribution is 1.30. The minimum absolute atomic E-state index is 1.12. The van der Waals surface area contributed by atoms with Gasteiger partial charge < -0.3 is 9.80 Å². The number of benzene rings is 13. The van der Waals surface area contributed by atoms with Gasteiger partial charge in [0, 0.05) is 33.5 Å². The van der Waals surface area contributed by atoms with Crippen LogP contribution in [0.15, 0.2) is 255 Å². The van der Waals surface area contributed by atoms with Crippen LogP contribution in [0.4, 0.5) is 34.1 Å². The van der Waals surface area contributed by atoms with E-state index in [1.165, 1.54) is 86.9 Å². The van der Waals surface area contributed by atoms with Crippen LogP contribution < -0.4 is 9.80 Å². The first kappa shape index (κ1) is 37.8. The predicted molar refractivity (Wildman–Crippen MR) is 283 cm³/mol. The summed E-state index contributed by atoms with van der Waals surface area (Å²) in [7, 11) is 0. The maximum Gasteiger partial charge on any atom is 0.0540 e. The van der Waals surface area contributed by atoms with Gasteiger partial charge in [0.05, 0.1) is 11.4 Å². The summed E-state index contributed by atoms with van der Waals surface area (Å²) in [6, 6.07) is 93.1. The Morgan fingerprint density at radius 1 is 0.197 bits per heavy atom. The Balaban J connectivity index is 0.902. The van der Waals surface area contributed by atoms with E-state index in [4.69, 9.17) is 0 Å². The van der Waals surface area contributed by atoms with Crippen molar-refractivity contribution >= 4 is 98.8 Å². The molecule has 0 atom stereocenters.